The van der Waals surface area contributed by atoms with E-state index in [2.05, 4.69) is 28.9 Å². The molecular formula is C23H31BrO4S. The van der Waals surface area contributed by atoms with Gasteiger partial charge in [-0.2, -0.15) is 0 Å². The van der Waals surface area contributed by atoms with Gasteiger partial charge in [0.1, 0.15) is 0 Å². The molecule has 1 saturated carbocycles. The minimum absolute atomic E-state index is 0.140. The Balaban J connectivity index is 1.73. The lowest BCUT2D eigenvalue weighted by molar-refractivity contribution is -0.137. The van der Waals surface area contributed by atoms with Crippen molar-refractivity contribution in [3.63, 3.8) is 0 Å². The van der Waals surface area contributed by atoms with Crippen LogP contribution in [0.3, 0.4) is 0 Å². The topological polar surface area (TPSA) is 74.6 Å². The summed E-state index contributed by atoms with van der Waals surface area (Å²) < 4.78 is 1.14. The molecule has 2 rings (SSSR count). The van der Waals surface area contributed by atoms with Crippen LogP contribution in [0.4, 0.5) is 0 Å². The molecule has 2 N–H and O–H groups in total. The summed E-state index contributed by atoms with van der Waals surface area (Å²) in [4.78, 5) is 25.3. The highest BCUT2D eigenvalue weighted by Crippen LogP contribution is 2.36. The minimum Gasteiger partial charge on any atom is -0.481 e. The van der Waals surface area contributed by atoms with Crippen molar-refractivity contribution in [3.05, 3.63) is 44.6 Å². The molecule has 0 radical (unpaired) electrons. The quantitative estimate of drug-likeness (QED) is 0.222. The molecule has 0 aromatic carbocycles. The second-order valence-electron chi connectivity index (χ2n) is 7.76. The molecule has 0 spiro atoms. The summed E-state index contributed by atoms with van der Waals surface area (Å²) in [6, 6.07) is 2.14. The van der Waals surface area contributed by atoms with Gasteiger partial charge >= 0.3 is 5.97 Å². The zero-order valence-corrected chi connectivity index (χ0v) is 19.4. The number of halogens is 1. The molecule has 1 aromatic heterocycles. The highest BCUT2D eigenvalue weighted by atomic mass is 79.9. The number of aliphatic carboxylic acids is 1. The molecule has 1 aromatic rings. The Morgan fingerprint density at radius 3 is 2.72 bits per heavy atom. The molecule has 0 amide bonds. The van der Waals surface area contributed by atoms with Gasteiger partial charge in [0.2, 0.25) is 0 Å². The summed E-state index contributed by atoms with van der Waals surface area (Å²) in [5.41, 5.74) is 0. The van der Waals surface area contributed by atoms with E-state index in [1.54, 1.807) is 17.4 Å². The van der Waals surface area contributed by atoms with Gasteiger partial charge in [-0.05, 0) is 91.8 Å². The van der Waals surface area contributed by atoms with Crippen molar-refractivity contribution in [1.29, 1.82) is 0 Å². The molecule has 4 nitrogen and oxygen atoms in total. The molecule has 0 aliphatic heterocycles. The number of carbonyl (C=O) groups excluding carboxylic acids is 1. The summed E-state index contributed by atoms with van der Waals surface area (Å²) in [5, 5.41) is 18.9. The van der Waals surface area contributed by atoms with Crippen molar-refractivity contribution < 1.29 is 19.8 Å². The smallest absolute Gasteiger partial charge is 0.303 e. The van der Waals surface area contributed by atoms with Crippen LogP contribution in [-0.4, -0.2) is 28.1 Å². The predicted octanol–water partition coefficient (Wildman–Crippen LogP) is 5.86. The highest BCUT2D eigenvalue weighted by molar-refractivity contribution is 9.10. The molecule has 0 bridgehead atoms. The van der Waals surface area contributed by atoms with E-state index in [0.29, 0.717) is 12.8 Å². The Kier molecular flexibility index (Phi) is 10.3. The van der Waals surface area contributed by atoms with E-state index >= 15 is 0 Å². The maximum absolute atomic E-state index is 12.2. The van der Waals surface area contributed by atoms with Gasteiger partial charge in [0.15, 0.2) is 5.78 Å². The number of carboxylic acids is 1. The Morgan fingerprint density at radius 2 is 2.03 bits per heavy atom. The number of aliphatic hydroxyl groups excluding tert-OH is 1. The summed E-state index contributed by atoms with van der Waals surface area (Å²) in [5.74, 6) is -0.241. The normalized spacial score (nSPS) is 22.1. The fourth-order valence-corrected chi connectivity index (χ4v) is 5.43. The fourth-order valence-electron chi connectivity index (χ4n) is 3.78. The molecule has 1 fully saturated rings. The van der Waals surface area contributed by atoms with E-state index in [0.717, 1.165) is 43.0 Å². The van der Waals surface area contributed by atoms with Crippen molar-refractivity contribution in [3.8, 4) is 0 Å². The van der Waals surface area contributed by atoms with Crippen molar-refractivity contribution in [2.75, 3.05) is 0 Å². The van der Waals surface area contributed by atoms with E-state index in [1.807, 2.05) is 18.2 Å². The van der Waals surface area contributed by atoms with Crippen molar-refractivity contribution in [2.45, 2.75) is 70.8 Å². The number of ketones is 1. The number of thiophene rings is 1. The maximum atomic E-state index is 12.2. The largest absolute Gasteiger partial charge is 0.481 e. The van der Waals surface area contributed by atoms with Crippen LogP contribution in [0.2, 0.25) is 0 Å². The van der Waals surface area contributed by atoms with Crippen LogP contribution in [0.1, 0.15) is 61.1 Å². The van der Waals surface area contributed by atoms with Gasteiger partial charge in [0.05, 0.1) is 6.10 Å². The Labute approximate surface area is 185 Å². The van der Waals surface area contributed by atoms with Crippen LogP contribution in [0.15, 0.2) is 34.8 Å². The van der Waals surface area contributed by atoms with Crippen molar-refractivity contribution in [2.24, 2.45) is 11.8 Å². The lowest BCUT2D eigenvalue weighted by Gasteiger charge is -2.17. The van der Waals surface area contributed by atoms with Crippen molar-refractivity contribution >= 4 is 39.0 Å². The van der Waals surface area contributed by atoms with E-state index in [1.165, 1.54) is 9.75 Å². The molecule has 29 heavy (non-hydrogen) atoms. The second-order valence-corrected chi connectivity index (χ2v) is 9.96. The number of aryl methyl sites for hydroxylation is 2. The number of aliphatic hydroxyl groups is 1. The average molecular weight is 483 g/mol. The third kappa shape index (κ3) is 8.57. The third-order valence-corrected chi connectivity index (χ3v) is 7.66. The van der Waals surface area contributed by atoms with E-state index < -0.39 is 5.97 Å². The lowest BCUT2D eigenvalue weighted by atomic mass is 9.90. The van der Waals surface area contributed by atoms with Gasteiger partial charge in [-0.1, -0.05) is 18.2 Å². The minimum atomic E-state index is -0.766. The molecule has 1 unspecified atom stereocenters. The summed E-state index contributed by atoms with van der Waals surface area (Å²) in [6.45, 7) is 2.09. The number of rotatable bonds is 12. The standard InChI is InChI=1S/C23H31BrO4S/c1-16-21(24)15-19(29-16)8-6-7-18(25)13-11-17-12-14-22(26)20(17)9-4-2-3-5-10-23(27)28/h2,4,11,13,15,17,20,22,26H,3,5-10,12,14H2,1H3,(H,27,28)/b4-2-,13-11+/t17-,20+,22?/m0/s1. The molecule has 3 atom stereocenters. The van der Waals surface area contributed by atoms with Crippen molar-refractivity contribution in [1.82, 2.24) is 0 Å². The Morgan fingerprint density at radius 1 is 1.24 bits per heavy atom. The van der Waals surface area contributed by atoms with Gasteiger partial charge in [-0.15, -0.1) is 11.3 Å². The van der Waals surface area contributed by atoms with Gasteiger partial charge in [-0.3, -0.25) is 9.59 Å². The number of hydrogen-bond acceptors (Lipinski definition) is 4. The molecular weight excluding hydrogens is 452 g/mol. The molecule has 0 saturated heterocycles. The van der Waals surface area contributed by atoms with Crippen LogP contribution in [0.25, 0.3) is 0 Å². The van der Waals surface area contributed by atoms with E-state index in [9.17, 15) is 14.7 Å². The first-order chi connectivity index (χ1) is 13.9. The molecule has 1 aliphatic rings. The first-order valence-electron chi connectivity index (χ1n) is 10.4. The van der Waals surface area contributed by atoms with E-state index in [-0.39, 0.29) is 30.1 Å². The Hall–Kier alpha value is -1.24. The number of carbonyl (C=O) groups is 2. The zero-order valence-electron chi connectivity index (χ0n) is 17.0. The number of carboxylic acid groups (broad SMARTS) is 1. The Bertz CT molecular complexity index is 718. The summed E-state index contributed by atoms with van der Waals surface area (Å²) in [7, 11) is 0. The summed E-state index contributed by atoms with van der Waals surface area (Å²) in [6.07, 6.45) is 13.8. The average Bonchev–Trinajstić information content (AvgIpc) is 3.17. The first kappa shape index (κ1) is 24.0. The van der Waals surface area contributed by atoms with E-state index in [4.69, 9.17) is 5.11 Å². The molecule has 1 aliphatic carbocycles. The summed E-state index contributed by atoms with van der Waals surface area (Å²) >= 11 is 5.30. The van der Waals surface area contributed by atoms with Gasteiger partial charge in [-0.25, -0.2) is 0 Å². The number of unbranched alkanes of at least 4 members (excludes halogenated alkanes) is 1. The molecule has 160 valence electrons. The predicted molar refractivity (Wildman–Crippen MR) is 121 cm³/mol. The fraction of sp³-hybridized carbons (Fsp3) is 0.565. The zero-order chi connectivity index (χ0) is 21.2. The van der Waals surface area contributed by atoms with Crippen LogP contribution < -0.4 is 0 Å². The van der Waals surface area contributed by atoms with Gasteiger partial charge in [0, 0.05) is 27.1 Å². The van der Waals surface area contributed by atoms with Crippen LogP contribution in [0.5, 0.6) is 0 Å². The lowest BCUT2D eigenvalue weighted by Crippen LogP contribution is -2.17. The van der Waals surface area contributed by atoms with Crippen LogP contribution in [-0.2, 0) is 16.0 Å². The first-order valence-corrected chi connectivity index (χ1v) is 12.0. The monoisotopic (exact) mass is 482 g/mol. The molecule has 6 heteroatoms. The highest BCUT2D eigenvalue weighted by Gasteiger charge is 2.32. The van der Waals surface area contributed by atoms with Gasteiger partial charge < -0.3 is 10.2 Å². The second kappa shape index (κ2) is 12.5. The maximum Gasteiger partial charge on any atom is 0.303 e. The van der Waals surface area contributed by atoms with Gasteiger partial charge in [0.25, 0.3) is 0 Å². The SMILES string of the molecule is Cc1sc(CCCC(=O)/C=C/[C@H]2CCC(O)[C@@H]2C/C=C\CCCC(=O)O)cc1Br. The van der Waals surface area contributed by atoms with Crippen LogP contribution in [0, 0.1) is 18.8 Å². The molecule has 1 heterocycles. The number of allylic oxidation sites excluding steroid dienone is 4. The van der Waals surface area contributed by atoms with Crippen LogP contribution >= 0.6 is 27.3 Å². The third-order valence-electron chi connectivity index (χ3n) is 5.46. The number of hydrogen-bond donors (Lipinski definition) is 2.